The van der Waals surface area contributed by atoms with Crippen LogP contribution in [-0.4, -0.2) is 13.7 Å². The van der Waals surface area contributed by atoms with Crippen LogP contribution in [0, 0.1) is 11.8 Å². The van der Waals surface area contributed by atoms with E-state index in [0.717, 1.165) is 22.4 Å². The van der Waals surface area contributed by atoms with Gasteiger partial charge in [-0.15, -0.1) is 0 Å². The smallest absolute Gasteiger partial charge is 0.118 e. The molecule has 0 unspecified atom stereocenters. The first-order chi connectivity index (χ1) is 10.3. The molecular weight excluding hydrogens is 262 g/mol. The molecule has 3 nitrogen and oxygen atoms in total. The average molecular weight is 281 g/mol. The maximum atomic E-state index is 5.70. The zero-order valence-electron chi connectivity index (χ0n) is 12.1. The van der Waals surface area contributed by atoms with Crippen LogP contribution in [0.5, 0.6) is 5.75 Å². The molecule has 0 amide bonds. The van der Waals surface area contributed by atoms with E-state index in [1.807, 2.05) is 48.5 Å². The van der Waals surface area contributed by atoms with Gasteiger partial charge in [-0.05, 0) is 35.4 Å². The summed E-state index contributed by atoms with van der Waals surface area (Å²) in [4.78, 5) is 0. The van der Waals surface area contributed by atoms with Crippen LogP contribution < -0.4 is 10.5 Å². The van der Waals surface area contributed by atoms with Crippen molar-refractivity contribution >= 4 is 0 Å². The van der Waals surface area contributed by atoms with E-state index >= 15 is 0 Å². The molecule has 0 spiro atoms. The summed E-state index contributed by atoms with van der Waals surface area (Å²) in [7, 11) is 1.66. The highest BCUT2D eigenvalue weighted by Gasteiger charge is 1.97. The normalized spacial score (nSPS) is 9.81. The Hall–Kier alpha value is -2.28. The van der Waals surface area contributed by atoms with Gasteiger partial charge in [0.15, 0.2) is 0 Å². The first kappa shape index (κ1) is 15.1. The maximum Gasteiger partial charge on any atom is 0.118 e. The van der Waals surface area contributed by atoms with E-state index in [1.165, 1.54) is 0 Å². The summed E-state index contributed by atoms with van der Waals surface area (Å²) in [5.74, 6) is 6.69. The van der Waals surface area contributed by atoms with Gasteiger partial charge in [0.05, 0.1) is 26.9 Å². The molecule has 2 N–H and O–H groups in total. The molecule has 0 radical (unpaired) electrons. The third kappa shape index (κ3) is 4.96. The third-order valence-electron chi connectivity index (χ3n) is 2.99. The van der Waals surface area contributed by atoms with Gasteiger partial charge in [-0.1, -0.05) is 36.1 Å². The third-order valence-corrected chi connectivity index (χ3v) is 2.99. The number of methoxy groups -OCH3 is 1. The number of nitrogens with two attached hydrogens (primary N) is 1. The predicted molar refractivity (Wildman–Crippen MR) is 83.9 cm³/mol. The van der Waals surface area contributed by atoms with Gasteiger partial charge in [0, 0.05) is 5.56 Å². The van der Waals surface area contributed by atoms with Crippen molar-refractivity contribution in [1.29, 1.82) is 0 Å². The van der Waals surface area contributed by atoms with Crippen LogP contribution >= 0.6 is 0 Å². The van der Waals surface area contributed by atoms with Crippen molar-refractivity contribution in [2.45, 2.75) is 13.2 Å². The van der Waals surface area contributed by atoms with Crippen LogP contribution in [0.3, 0.4) is 0 Å². The van der Waals surface area contributed by atoms with Crippen LogP contribution in [0.4, 0.5) is 0 Å². The highest BCUT2D eigenvalue weighted by Crippen LogP contribution is 2.13. The van der Waals surface area contributed by atoms with E-state index in [9.17, 15) is 0 Å². The standard InChI is InChI=1S/C18H19NO2/c1-20-18-10-8-17(9-11-18)14-21-13-16-6-4-15(5-7-16)3-2-12-19/h4-11H,12-14,19H2,1H3. The molecule has 0 saturated carbocycles. The first-order valence-corrected chi connectivity index (χ1v) is 6.80. The molecule has 0 aliphatic heterocycles. The molecular formula is C18H19NO2. The largest absolute Gasteiger partial charge is 0.497 e. The van der Waals surface area contributed by atoms with Gasteiger partial charge >= 0.3 is 0 Å². The minimum absolute atomic E-state index is 0.382. The van der Waals surface area contributed by atoms with Gasteiger partial charge in [0.25, 0.3) is 0 Å². The molecule has 21 heavy (non-hydrogen) atoms. The zero-order chi connectivity index (χ0) is 14.9. The molecule has 2 rings (SSSR count). The van der Waals surface area contributed by atoms with Crippen LogP contribution in [0.2, 0.25) is 0 Å². The molecule has 0 aliphatic rings. The minimum Gasteiger partial charge on any atom is -0.497 e. The lowest BCUT2D eigenvalue weighted by Crippen LogP contribution is -1.95. The first-order valence-electron chi connectivity index (χ1n) is 6.80. The molecule has 0 heterocycles. The Kier molecular flexibility index (Phi) is 5.83. The quantitative estimate of drug-likeness (QED) is 0.857. The Morgan fingerprint density at radius 3 is 2.00 bits per heavy atom. The number of hydrogen-bond donors (Lipinski definition) is 1. The fourth-order valence-corrected chi connectivity index (χ4v) is 1.85. The minimum atomic E-state index is 0.382. The zero-order valence-corrected chi connectivity index (χ0v) is 12.1. The fourth-order valence-electron chi connectivity index (χ4n) is 1.85. The molecule has 0 fully saturated rings. The van der Waals surface area contributed by atoms with Crippen molar-refractivity contribution < 1.29 is 9.47 Å². The van der Waals surface area contributed by atoms with Gasteiger partial charge in [-0.25, -0.2) is 0 Å². The molecule has 2 aromatic carbocycles. The SMILES string of the molecule is COc1ccc(COCc2ccc(C#CCN)cc2)cc1. The number of benzene rings is 2. The lowest BCUT2D eigenvalue weighted by atomic mass is 10.1. The van der Waals surface area contributed by atoms with E-state index < -0.39 is 0 Å². The topological polar surface area (TPSA) is 44.5 Å². The highest BCUT2D eigenvalue weighted by atomic mass is 16.5. The van der Waals surface area contributed by atoms with E-state index in [2.05, 4.69) is 11.8 Å². The van der Waals surface area contributed by atoms with Crippen molar-refractivity contribution in [3.8, 4) is 17.6 Å². The van der Waals surface area contributed by atoms with E-state index in [-0.39, 0.29) is 0 Å². The van der Waals surface area contributed by atoms with Crippen molar-refractivity contribution in [3.05, 3.63) is 65.2 Å². The summed E-state index contributed by atoms with van der Waals surface area (Å²) in [6.07, 6.45) is 0. The Labute approximate surface area is 125 Å². The van der Waals surface area contributed by atoms with Crippen LogP contribution in [0.15, 0.2) is 48.5 Å². The number of hydrogen-bond acceptors (Lipinski definition) is 3. The molecule has 108 valence electrons. The number of ether oxygens (including phenoxy) is 2. The summed E-state index contributed by atoms with van der Waals surface area (Å²) >= 11 is 0. The second-order valence-corrected chi connectivity index (χ2v) is 4.54. The predicted octanol–water partition coefficient (Wildman–Crippen LogP) is 2.72. The summed E-state index contributed by atoms with van der Waals surface area (Å²) in [6, 6.07) is 15.9. The summed E-state index contributed by atoms with van der Waals surface area (Å²) in [6.45, 7) is 1.54. The Balaban J connectivity index is 1.82. The molecule has 0 bridgehead atoms. The fraction of sp³-hybridized carbons (Fsp3) is 0.222. The van der Waals surface area contributed by atoms with Crippen LogP contribution in [-0.2, 0) is 18.0 Å². The lowest BCUT2D eigenvalue weighted by Gasteiger charge is -2.06. The summed E-state index contributed by atoms with van der Waals surface area (Å²) < 4.78 is 10.8. The van der Waals surface area contributed by atoms with E-state index in [4.69, 9.17) is 15.2 Å². The van der Waals surface area contributed by atoms with Crippen molar-refractivity contribution in [2.75, 3.05) is 13.7 Å². The summed E-state index contributed by atoms with van der Waals surface area (Å²) in [5.41, 5.74) is 8.57. The highest BCUT2D eigenvalue weighted by molar-refractivity contribution is 5.36. The van der Waals surface area contributed by atoms with Gasteiger partial charge in [-0.3, -0.25) is 0 Å². The monoisotopic (exact) mass is 281 g/mol. The lowest BCUT2D eigenvalue weighted by molar-refractivity contribution is 0.107. The summed E-state index contributed by atoms with van der Waals surface area (Å²) in [5, 5.41) is 0. The second-order valence-electron chi connectivity index (χ2n) is 4.54. The average Bonchev–Trinajstić information content (AvgIpc) is 2.55. The molecule has 2 aromatic rings. The van der Waals surface area contributed by atoms with Gasteiger partial charge < -0.3 is 15.2 Å². The molecule has 0 saturated heterocycles. The van der Waals surface area contributed by atoms with Gasteiger partial charge in [0.1, 0.15) is 5.75 Å². The van der Waals surface area contributed by atoms with Crippen molar-refractivity contribution in [2.24, 2.45) is 5.73 Å². The van der Waals surface area contributed by atoms with Gasteiger partial charge in [-0.2, -0.15) is 0 Å². The van der Waals surface area contributed by atoms with Crippen molar-refractivity contribution in [3.63, 3.8) is 0 Å². The molecule has 0 aliphatic carbocycles. The molecule has 3 heteroatoms. The van der Waals surface area contributed by atoms with E-state index in [0.29, 0.717) is 19.8 Å². The molecule has 0 aromatic heterocycles. The Morgan fingerprint density at radius 1 is 0.905 bits per heavy atom. The van der Waals surface area contributed by atoms with Gasteiger partial charge in [0.2, 0.25) is 0 Å². The van der Waals surface area contributed by atoms with Crippen molar-refractivity contribution in [1.82, 2.24) is 0 Å². The number of rotatable bonds is 5. The maximum absolute atomic E-state index is 5.70. The Bertz CT molecular complexity index is 606. The second kappa shape index (κ2) is 8.11. The molecule has 0 atom stereocenters. The van der Waals surface area contributed by atoms with Crippen LogP contribution in [0.1, 0.15) is 16.7 Å². The Morgan fingerprint density at radius 2 is 1.48 bits per heavy atom. The van der Waals surface area contributed by atoms with Crippen LogP contribution in [0.25, 0.3) is 0 Å². The van der Waals surface area contributed by atoms with E-state index in [1.54, 1.807) is 7.11 Å².